The summed E-state index contributed by atoms with van der Waals surface area (Å²) >= 11 is 0. The van der Waals surface area contributed by atoms with Gasteiger partial charge in [-0.25, -0.2) is 0 Å². The minimum absolute atomic E-state index is 0.311. The predicted molar refractivity (Wildman–Crippen MR) is 55.1 cm³/mol. The molecule has 2 atom stereocenters. The van der Waals surface area contributed by atoms with Crippen molar-refractivity contribution in [2.45, 2.75) is 18.9 Å². The molecule has 2 heteroatoms. The third kappa shape index (κ3) is 1.81. The van der Waals surface area contributed by atoms with E-state index in [9.17, 15) is 0 Å². The molecule has 2 unspecified atom stereocenters. The molecule has 2 rings (SSSR count). The molecule has 1 saturated carbocycles. The Labute approximate surface area is 84.5 Å². The molecule has 0 heterocycles. The Balaban J connectivity index is 2.16. The number of ether oxygens (including phenoxy) is 1. The summed E-state index contributed by atoms with van der Waals surface area (Å²) in [4.78, 5) is 0. The van der Waals surface area contributed by atoms with E-state index in [0.29, 0.717) is 25.0 Å². The molecule has 1 aliphatic rings. The molecule has 1 N–H and O–H groups in total. The second-order valence-electron chi connectivity index (χ2n) is 3.92. The Morgan fingerprint density at radius 1 is 1.43 bits per heavy atom. The van der Waals surface area contributed by atoms with E-state index in [0.717, 1.165) is 6.42 Å². The molecule has 1 aliphatic carbocycles. The van der Waals surface area contributed by atoms with Crippen LogP contribution in [0.4, 0.5) is 0 Å². The Hall–Kier alpha value is -0.860. The van der Waals surface area contributed by atoms with Crippen LogP contribution in [0.15, 0.2) is 24.3 Å². The van der Waals surface area contributed by atoms with Crippen molar-refractivity contribution < 1.29 is 9.84 Å². The molecule has 0 saturated heterocycles. The van der Waals surface area contributed by atoms with Crippen molar-refractivity contribution in [2.75, 3.05) is 13.7 Å². The first-order chi connectivity index (χ1) is 6.86. The molecule has 76 valence electrons. The Kier molecular flexibility index (Phi) is 2.85. The highest BCUT2D eigenvalue weighted by molar-refractivity contribution is 5.34. The average molecular weight is 192 g/mol. The largest absolute Gasteiger partial charge is 0.396 e. The highest BCUT2D eigenvalue weighted by Gasteiger charge is 2.38. The first kappa shape index (κ1) is 9.69. The van der Waals surface area contributed by atoms with Gasteiger partial charge in [0.2, 0.25) is 0 Å². The lowest BCUT2D eigenvalue weighted by molar-refractivity contribution is 0.184. The van der Waals surface area contributed by atoms with E-state index in [1.165, 1.54) is 11.1 Å². The van der Waals surface area contributed by atoms with Gasteiger partial charge in [0.05, 0.1) is 6.61 Å². The normalized spacial score (nSPS) is 25.0. The number of hydrogen-bond donors (Lipinski definition) is 1. The average Bonchev–Trinajstić information content (AvgIpc) is 2.98. The topological polar surface area (TPSA) is 29.5 Å². The van der Waals surface area contributed by atoms with Gasteiger partial charge < -0.3 is 9.84 Å². The first-order valence-electron chi connectivity index (χ1n) is 5.04. The molecule has 14 heavy (non-hydrogen) atoms. The first-order valence-corrected chi connectivity index (χ1v) is 5.04. The summed E-state index contributed by atoms with van der Waals surface area (Å²) in [5, 5.41) is 9.03. The molecular formula is C12H16O2. The maximum absolute atomic E-state index is 9.03. The smallest absolute Gasteiger partial charge is 0.0715 e. The van der Waals surface area contributed by atoms with Gasteiger partial charge in [0.15, 0.2) is 0 Å². The third-order valence-corrected chi connectivity index (χ3v) is 2.91. The molecule has 1 aromatic rings. The van der Waals surface area contributed by atoms with Gasteiger partial charge >= 0.3 is 0 Å². The van der Waals surface area contributed by atoms with E-state index in [4.69, 9.17) is 9.84 Å². The van der Waals surface area contributed by atoms with Gasteiger partial charge in [0.25, 0.3) is 0 Å². The van der Waals surface area contributed by atoms with Gasteiger partial charge in [-0.1, -0.05) is 24.3 Å². The fraction of sp³-hybridized carbons (Fsp3) is 0.500. The lowest BCUT2D eigenvalue weighted by atomic mass is 10.0. The molecule has 0 aliphatic heterocycles. The number of rotatable bonds is 4. The molecule has 0 bridgehead atoms. The molecule has 0 radical (unpaired) electrons. The van der Waals surface area contributed by atoms with Crippen molar-refractivity contribution in [3.05, 3.63) is 35.4 Å². The van der Waals surface area contributed by atoms with Crippen LogP contribution in [0.5, 0.6) is 0 Å². The standard InChI is InChI=1S/C12H16O2/c1-14-8-9-4-2-3-5-11(9)12-6-10(12)7-13/h2-5,10,12-13H,6-8H2,1H3. The maximum atomic E-state index is 9.03. The van der Waals surface area contributed by atoms with Crippen molar-refractivity contribution in [1.82, 2.24) is 0 Å². The minimum Gasteiger partial charge on any atom is -0.396 e. The van der Waals surface area contributed by atoms with Crippen LogP contribution in [0.3, 0.4) is 0 Å². The van der Waals surface area contributed by atoms with E-state index < -0.39 is 0 Å². The summed E-state index contributed by atoms with van der Waals surface area (Å²) < 4.78 is 5.15. The van der Waals surface area contributed by atoms with Gasteiger partial charge in [-0.05, 0) is 29.4 Å². The summed E-state index contributed by atoms with van der Waals surface area (Å²) in [6, 6.07) is 8.34. The van der Waals surface area contributed by atoms with Crippen LogP contribution in [-0.2, 0) is 11.3 Å². The van der Waals surface area contributed by atoms with Gasteiger partial charge in [0.1, 0.15) is 0 Å². The zero-order valence-electron chi connectivity index (χ0n) is 8.44. The minimum atomic E-state index is 0.311. The lowest BCUT2D eigenvalue weighted by Gasteiger charge is -2.07. The van der Waals surface area contributed by atoms with E-state index in [2.05, 4.69) is 18.2 Å². The SMILES string of the molecule is COCc1ccccc1C1CC1CO. The quantitative estimate of drug-likeness (QED) is 0.789. The summed E-state index contributed by atoms with van der Waals surface area (Å²) in [7, 11) is 1.72. The summed E-state index contributed by atoms with van der Waals surface area (Å²) in [5.41, 5.74) is 2.62. The van der Waals surface area contributed by atoms with Crippen molar-refractivity contribution in [2.24, 2.45) is 5.92 Å². The van der Waals surface area contributed by atoms with E-state index >= 15 is 0 Å². The van der Waals surface area contributed by atoms with Gasteiger partial charge in [0, 0.05) is 13.7 Å². The van der Waals surface area contributed by atoms with Crippen LogP contribution in [0, 0.1) is 5.92 Å². The van der Waals surface area contributed by atoms with Gasteiger partial charge in [-0.2, -0.15) is 0 Å². The van der Waals surface area contributed by atoms with E-state index in [1.54, 1.807) is 7.11 Å². The maximum Gasteiger partial charge on any atom is 0.0715 e. The van der Waals surface area contributed by atoms with Crippen LogP contribution in [0.25, 0.3) is 0 Å². The van der Waals surface area contributed by atoms with Crippen molar-refractivity contribution in [1.29, 1.82) is 0 Å². The van der Waals surface area contributed by atoms with Gasteiger partial charge in [-0.3, -0.25) is 0 Å². The zero-order valence-corrected chi connectivity index (χ0v) is 8.44. The predicted octanol–water partition coefficient (Wildman–Crippen LogP) is 1.93. The van der Waals surface area contributed by atoms with Crippen molar-refractivity contribution in [3.63, 3.8) is 0 Å². The van der Waals surface area contributed by atoms with Crippen LogP contribution >= 0.6 is 0 Å². The fourth-order valence-corrected chi connectivity index (χ4v) is 2.01. The zero-order chi connectivity index (χ0) is 9.97. The number of aliphatic hydroxyl groups is 1. The lowest BCUT2D eigenvalue weighted by Crippen LogP contribution is -1.96. The number of methoxy groups -OCH3 is 1. The molecule has 2 nitrogen and oxygen atoms in total. The van der Waals surface area contributed by atoms with Crippen LogP contribution in [-0.4, -0.2) is 18.8 Å². The Morgan fingerprint density at radius 3 is 2.86 bits per heavy atom. The number of hydrogen-bond acceptors (Lipinski definition) is 2. The molecule has 0 aromatic heterocycles. The van der Waals surface area contributed by atoms with E-state index in [-0.39, 0.29) is 0 Å². The third-order valence-electron chi connectivity index (χ3n) is 2.91. The summed E-state index contributed by atoms with van der Waals surface area (Å²) in [6.07, 6.45) is 1.12. The Morgan fingerprint density at radius 2 is 2.21 bits per heavy atom. The monoisotopic (exact) mass is 192 g/mol. The highest BCUT2D eigenvalue weighted by Crippen LogP contribution is 2.48. The summed E-state index contributed by atoms with van der Waals surface area (Å²) in [6.45, 7) is 0.983. The molecule has 0 spiro atoms. The van der Waals surface area contributed by atoms with Crippen LogP contribution < -0.4 is 0 Å². The van der Waals surface area contributed by atoms with Crippen LogP contribution in [0.2, 0.25) is 0 Å². The second-order valence-corrected chi connectivity index (χ2v) is 3.92. The van der Waals surface area contributed by atoms with E-state index in [1.807, 2.05) is 6.07 Å². The number of benzene rings is 1. The van der Waals surface area contributed by atoms with Crippen molar-refractivity contribution >= 4 is 0 Å². The Bertz CT molecular complexity index is 309. The second kappa shape index (κ2) is 4.11. The van der Waals surface area contributed by atoms with Gasteiger partial charge in [-0.15, -0.1) is 0 Å². The van der Waals surface area contributed by atoms with Crippen LogP contribution in [0.1, 0.15) is 23.5 Å². The fourth-order valence-electron chi connectivity index (χ4n) is 2.01. The molecular weight excluding hydrogens is 176 g/mol. The number of aliphatic hydroxyl groups excluding tert-OH is 1. The van der Waals surface area contributed by atoms with Crippen molar-refractivity contribution in [3.8, 4) is 0 Å². The summed E-state index contributed by atoms with van der Waals surface area (Å²) in [5.74, 6) is 1.04. The molecule has 1 aromatic carbocycles. The molecule has 0 amide bonds. The molecule has 1 fully saturated rings. The highest BCUT2D eigenvalue weighted by atomic mass is 16.5.